The number of anilines is 1. The van der Waals surface area contributed by atoms with Crippen LogP contribution in [-0.2, 0) is 13.1 Å². The van der Waals surface area contributed by atoms with Crippen LogP contribution in [0.1, 0.15) is 5.56 Å². The van der Waals surface area contributed by atoms with Gasteiger partial charge in [-0.05, 0) is 21.5 Å². The van der Waals surface area contributed by atoms with Crippen LogP contribution in [0.3, 0.4) is 0 Å². The average Bonchev–Trinajstić information content (AvgIpc) is 2.44. The first kappa shape index (κ1) is 13.5. The van der Waals surface area contributed by atoms with Gasteiger partial charge in [0.15, 0.2) is 0 Å². The van der Waals surface area contributed by atoms with Crippen LogP contribution in [0, 0.1) is 0 Å². The van der Waals surface area contributed by atoms with Crippen LogP contribution < -0.4 is 10.9 Å². The number of rotatable bonds is 5. The first-order valence-corrected chi connectivity index (χ1v) is 6.66. The van der Waals surface area contributed by atoms with Crippen LogP contribution in [0.4, 0.5) is 5.69 Å². The molecule has 0 aliphatic carbocycles. The molecular formula is C14H14BrN3O. The van der Waals surface area contributed by atoms with Crippen molar-refractivity contribution in [2.45, 2.75) is 13.1 Å². The van der Waals surface area contributed by atoms with Gasteiger partial charge in [0.05, 0.1) is 18.4 Å². The molecule has 1 aromatic carbocycles. The third kappa shape index (κ3) is 3.32. The predicted octanol–water partition coefficient (Wildman–Crippen LogP) is 2.80. The van der Waals surface area contributed by atoms with E-state index in [1.807, 2.05) is 30.3 Å². The van der Waals surface area contributed by atoms with Crippen LogP contribution in [-0.4, -0.2) is 9.78 Å². The fourth-order valence-corrected chi connectivity index (χ4v) is 2.08. The highest BCUT2D eigenvalue weighted by Crippen LogP contribution is 2.17. The lowest BCUT2D eigenvalue weighted by molar-refractivity contribution is 0.649. The number of hydrogen-bond donors (Lipinski definition) is 1. The van der Waals surface area contributed by atoms with Gasteiger partial charge >= 0.3 is 0 Å². The molecule has 5 heteroatoms. The van der Waals surface area contributed by atoms with Crippen molar-refractivity contribution in [3.8, 4) is 0 Å². The molecule has 2 rings (SSSR count). The van der Waals surface area contributed by atoms with E-state index in [1.54, 1.807) is 12.3 Å². The summed E-state index contributed by atoms with van der Waals surface area (Å²) in [5.41, 5.74) is 1.66. The normalized spacial score (nSPS) is 10.2. The molecule has 0 saturated carbocycles. The molecule has 98 valence electrons. The molecule has 0 atom stereocenters. The van der Waals surface area contributed by atoms with Crippen molar-refractivity contribution in [2.24, 2.45) is 0 Å². The Hall–Kier alpha value is -1.88. The summed E-state index contributed by atoms with van der Waals surface area (Å²) < 4.78 is 1.84. The summed E-state index contributed by atoms with van der Waals surface area (Å²) >= 11 is 3.30. The molecular weight excluding hydrogens is 306 g/mol. The van der Waals surface area contributed by atoms with Gasteiger partial charge in [0, 0.05) is 6.54 Å². The van der Waals surface area contributed by atoms with Crippen molar-refractivity contribution in [3.63, 3.8) is 0 Å². The van der Waals surface area contributed by atoms with Gasteiger partial charge < -0.3 is 5.32 Å². The van der Waals surface area contributed by atoms with Gasteiger partial charge in [-0.2, -0.15) is 5.10 Å². The van der Waals surface area contributed by atoms with E-state index >= 15 is 0 Å². The van der Waals surface area contributed by atoms with E-state index in [0.717, 1.165) is 5.56 Å². The van der Waals surface area contributed by atoms with Crippen LogP contribution in [0.15, 0.2) is 58.5 Å². The standard InChI is InChI=1S/C14H14BrN3O/c1-2-8-18-14(19)13(15)12(10-17-18)16-9-11-6-4-3-5-7-11/h2-7,10,16H,1,8-9H2. The molecule has 0 aliphatic heterocycles. The monoisotopic (exact) mass is 319 g/mol. The Bertz CT molecular complexity index is 622. The first-order valence-electron chi connectivity index (χ1n) is 5.86. The van der Waals surface area contributed by atoms with Crippen LogP contribution in [0.2, 0.25) is 0 Å². The molecule has 0 amide bonds. The molecule has 0 unspecified atom stereocenters. The average molecular weight is 320 g/mol. The smallest absolute Gasteiger partial charge is 0.283 e. The summed E-state index contributed by atoms with van der Waals surface area (Å²) in [5.74, 6) is 0. The zero-order chi connectivity index (χ0) is 13.7. The highest BCUT2D eigenvalue weighted by Gasteiger charge is 2.07. The second-order valence-corrected chi connectivity index (χ2v) is 4.78. The SMILES string of the molecule is C=CCn1ncc(NCc2ccccc2)c(Br)c1=O. The zero-order valence-corrected chi connectivity index (χ0v) is 11.9. The lowest BCUT2D eigenvalue weighted by Gasteiger charge is -2.09. The van der Waals surface area contributed by atoms with Gasteiger partial charge in [-0.15, -0.1) is 6.58 Å². The Morgan fingerprint density at radius 2 is 2.11 bits per heavy atom. The Morgan fingerprint density at radius 3 is 2.79 bits per heavy atom. The molecule has 0 spiro atoms. The fraction of sp³-hybridized carbons (Fsp3) is 0.143. The maximum atomic E-state index is 12.0. The van der Waals surface area contributed by atoms with Crippen molar-refractivity contribution >= 4 is 21.6 Å². The van der Waals surface area contributed by atoms with Gasteiger partial charge in [-0.25, -0.2) is 4.68 Å². The number of nitrogens with zero attached hydrogens (tertiary/aromatic N) is 2. The highest BCUT2D eigenvalue weighted by atomic mass is 79.9. The topological polar surface area (TPSA) is 46.9 Å². The highest BCUT2D eigenvalue weighted by molar-refractivity contribution is 9.10. The number of benzene rings is 1. The van der Waals surface area contributed by atoms with Crippen molar-refractivity contribution in [1.29, 1.82) is 0 Å². The lowest BCUT2D eigenvalue weighted by Crippen LogP contribution is -2.23. The molecule has 0 saturated heterocycles. The van der Waals surface area contributed by atoms with E-state index in [0.29, 0.717) is 23.2 Å². The second-order valence-electron chi connectivity index (χ2n) is 3.99. The van der Waals surface area contributed by atoms with Crippen LogP contribution in [0.25, 0.3) is 0 Å². The fourth-order valence-electron chi connectivity index (χ4n) is 1.63. The minimum atomic E-state index is -0.169. The third-order valence-corrected chi connectivity index (χ3v) is 3.38. The third-order valence-electron chi connectivity index (χ3n) is 2.61. The van der Waals surface area contributed by atoms with Gasteiger partial charge in [-0.3, -0.25) is 4.79 Å². The molecule has 1 heterocycles. The molecule has 2 aromatic rings. The van der Waals surface area contributed by atoms with E-state index in [9.17, 15) is 4.79 Å². The molecule has 19 heavy (non-hydrogen) atoms. The van der Waals surface area contributed by atoms with Crippen LogP contribution >= 0.6 is 15.9 Å². The Balaban J connectivity index is 2.16. The molecule has 1 aromatic heterocycles. The van der Waals surface area contributed by atoms with E-state index < -0.39 is 0 Å². The number of hydrogen-bond acceptors (Lipinski definition) is 3. The maximum Gasteiger partial charge on any atom is 0.283 e. The van der Waals surface area contributed by atoms with E-state index in [4.69, 9.17) is 0 Å². The van der Waals surface area contributed by atoms with E-state index in [1.165, 1.54) is 4.68 Å². The van der Waals surface area contributed by atoms with Crippen molar-refractivity contribution in [3.05, 3.63) is 69.6 Å². The number of allylic oxidation sites excluding steroid dienone is 1. The largest absolute Gasteiger partial charge is 0.379 e. The maximum absolute atomic E-state index is 12.0. The summed E-state index contributed by atoms with van der Waals surface area (Å²) in [7, 11) is 0. The van der Waals surface area contributed by atoms with Gasteiger partial charge in [0.2, 0.25) is 0 Å². The Kier molecular flexibility index (Phi) is 4.52. The molecule has 0 fully saturated rings. The Morgan fingerprint density at radius 1 is 1.37 bits per heavy atom. The van der Waals surface area contributed by atoms with Gasteiger partial charge in [0.1, 0.15) is 4.47 Å². The Labute approximate surface area is 119 Å². The van der Waals surface area contributed by atoms with Crippen molar-refractivity contribution in [1.82, 2.24) is 9.78 Å². The molecule has 0 bridgehead atoms. The zero-order valence-electron chi connectivity index (χ0n) is 10.3. The second kappa shape index (κ2) is 6.33. The minimum absolute atomic E-state index is 0.169. The van der Waals surface area contributed by atoms with Crippen molar-refractivity contribution < 1.29 is 0 Å². The van der Waals surface area contributed by atoms with Gasteiger partial charge in [0.25, 0.3) is 5.56 Å². The van der Waals surface area contributed by atoms with Gasteiger partial charge in [-0.1, -0.05) is 36.4 Å². The first-order chi connectivity index (χ1) is 9.22. The molecule has 0 aliphatic rings. The number of halogens is 1. The summed E-state index contributed by atoms with van der Waals surface area (Å²) in [5, 5.41) is 7.27. The van der Waals surface area contributed by atoms with E-state index in [-0.39, 0.29) is 5.56 Å². The lowest BCUT2D eigenvalue weighted by atomic mass is 10.2. The van der Waals surface area contributed by atoms with Crippen molar-refractivity contribution in [2.75, 3.05) is 5.32 Å². The minimum Gasteiger partial charge on any atom is -0.379 e. The van der Waals surface area contributed by atoms with Crippen LogP contribution in [0.5, 0.6) is 0 Å². The number of nitrogens with one attached hydrogen (secondary N) is 1. The molecule has 4 nitrogen and oxygen atoms in total. The molecule has 0 radical (unpaired) electrons. The summed E-state index contributed by atoms with van der Waals surface area (Å²) in [6.45, 7) is 4.64. The quantitative estimate of drug-likeness (QED) is 0.862. The summed E-state index contributed by atoms with van der Waals surface area (Å²) in [6, 6.07) is 9.97. The molecule has 1 N–H and O–H groups in total. The summed E-state index contributed by atoms with van der Waals surface area (Å²) in [4.78, 5) is 12.0. The number of aromatic nitrogens is 2. The van der Waals surface area contributed by atoms with E-state index in [2.05, 4.69) is 32.9 Å². The summed E-state index contributed by atoms with van der Waals surface area (Å²) in [6.07, 6.45) is 3.27. The predicted molar refractivity (Wildman–Crippen MR) is 80.2 cm³/mol.